The van der Waals surface area contributed by atoms with Gasteiger partial charge >= 0.3 is 0 Å². The van der Waals surface area contributed by atoms with Crippen LogP contribution >= 0.6 is 0 Å². The van der Waals surface area contributed by atoms with Crippen molar-refractivity contribution in [3.05, 3.63) is 41.7 Å². The monoisotopic (exact) mass is 370 g/mol. The molecule has 1 aromatic heterocycles. The van der Waals surface area contributed by atoms with Crippen LogP contribution in [-0.2, 0) is 20.8 Å². The summed E-state index contributed by atoms with van der Waals surface area (Å²) in [5, 5.41) is 4.26. The summed E-state index contributed by atoms with van der Waals surface area (Å²) >= 11 is 0. The highest BCUT2D eigenvalue weighted by atomic mass is 16.5. The zero-order chi connectivity index (χ0) is 18.6. The topological polar surface area (TPSA) is 64.8 Å². The minimum atomic E-state index is -0.326. The third-order valence-corrected chi connectivity index (χ3v) is 5.40. The molecule has 4 rings (SSSR count). The molecule has 2 aliphatic rings. The molecule has 2 aliphatic heterocycles. The maximum atomic E-state index is 13.1. The van der Waals surface area contributed by atoms with Gasteiger partial charge in [0.15, 0.2) is 0 Å². The molecular formula is C21H26N2O4. The van der Waals surface area contributed by atoms with Crippen LogP contribution in [0.1, 0.15) is 30.6 Å². The van der Waals surface area contributed by atoms with Crippen molar-refractivity contribution in [3.8, 4) is 11.3 Å². The Morgan fingerprint density at radius 2 is 2.07 bits per heavy atom. The lowest BCUT2D eigenvalue weighted by Gasteiger charge is -2.27. The fourth-order valence-corrected chi connectivity index (χ4v) is 3.84. The summed E-state index contributed by atoms with van der Waals surface area (Å²) in [5.74, 6) is 1.19. The van der Waals surface area contributed by atoms with Crippen molar-refractivity contribution in [2.75, 3.05) is 26.4 Å². The number of carbonyl (C=O) groups is 1. The Balaban J connectivity index is 1.59. The number of nitrogens with zero attached hydrogens (tertiary/aromatic N) is 2. The Morgan fingerprint density at radius 3 is 2.78 bits per heavy atom. The van der Waals surface area contributed by atoms with Crippen molar-refractivity contribution in [2.24, 2.45) is 5.92 Å². The maximum absolute atomic E-state index is 13.1. The fraction of sp³-hybridized carbons (Fsp3) is 0.524. The number of carbonyl (C=O) groups excluding carboxylic acids is 1. The van der Waals surface area contributed by atoms with Crippen LogP contribution in [0.25, 0.3) is 11.3 Å². The third-order valence-electron chi connectivity index (χ3n) is 5.40. The SMILES string of the molecule is Cc1onc(-c2ccccc2)c1CN(CC1CCOC1)C(=O)C1CCCO1. The van der Waals surface area contributed by atoms with Crippen LogP contribution in [0.3, 0.4) is 0 Å². The van der Waals surface area contributed by atoms with E-state index in [4.69, 9.17) is 14.0 Å². The van der Waals surface area contributed by atoms with Crippen molar-refractivity contribution in [1.29, 1.82) is 0 Å². The summed E-state index contributed by atoms with van der Waals surface area (Å²) in [6, 6.07) is 9.96. The number of hydrogen-bond acceptors (Lipinski definition) is 5. The van der Waals surface area contributed by atoms with Crippen LogP contribution in [0.15, 0.2) is 34.9 Å². The van der Waals surface area contributed by atoms with Crippen molar-refractivity contribution in [1.82, 2.24) is 10.1 Å². The van der Waals surface area contributed by atoms with Gasteiger partial charge in [0.2, 0.25) is 0 Å². The number of amides is 1. The molecule has 0 bridgehead atoms. The van der Waals surface area contributed by atoms with Gasteiger partial charge in [0.05, 0.1) is 13.2 Å². The summed E-state index contributed by atoms with van der Waals surface area (Å²) in [6.07, 6.45) is 2.40. The minimum Gasteiger partial charge on any atom is -0.381 e. The van der Waals surface area contributed by atoms with E-state index in [1.807, 2.05) is 42.2 Å². The van der Waals surface area contributed by atoms with Crippen molar-refractivity contribution < 1.29 is 18.8 Å². The van der Waals surface area contributed by atoms with E-state index in [0.29, 0.717) is 32.2 Å². The summed E-state index contributed by atoms with van der Waals surface area (Å²) < 4.78 is 16.7. The second-order valence-electron chi connectivity index (χ2n) is 7.38. The Hall–Kier alpha value is -2.18. The van der Waals surface area contributed by atoms with Crippen LogP contribution in [-0.4, -0.2) is 48.4 Å². The predicted octanol–water partition coefficient (Wildman–Crippen LogP) is 3.19. The third kappa shape index (κ3) is 4.06. The van der Waals surface area contributed by atoms with Gasteiger partial charge in [0.1, 0.15) is 17.6 Å². The first-order valence-electron chi connectivity index (χ1n) is 9.71. The summed E-state index contributed by atoms with van der Waals surface area (Å²) in [6.45, 7) is 5.21. The van der Waals surface area contributed by atoms with Crippen molar-refractivity contribution in [2.45, 2.75) is 38.8 Å². The van der Waals surface area contributed by atoms with Gasteiger partial charge in [0.25, 0.3) is 5.91 Å². The number of ether oxygens (including phenoxy) is 2. The lowest BCUT2D eigenvalue weighted by molar-refractivity contribution is -0.142. The van der Waals surface area contributed by atoms with E-state index in [9.17, 15) is 4.79 Å². The van der Waals surface area contributed by atoms with E-state index in [1.54, 1.807) is 0 Å². The van der Waals surface area contributed by atoms with Gasteiger partial charge in [0, 0.05) is 36.8 Å². The molecule has 2 unspecified atom stereocenters. The first-order chi connectivity index (χ1) is 13.2. The lowest BCUT2D eigenvalue weighted by Crippen LogP contribution is -2.41. The average Bonchev–Trinajstić information content (AvgIpc) is 3.45. The highest BCUT2D eigenvalue weighted by molar-refractivity contribution is 5.81. The quantitative estimate of drug-likeness (QED) is 0.781. The molecule has 0 N–H and O–H groups in total. The molecule has 27 heavy (non-hydrogen) atoms. The van der Waals surface area contributed by atoms with Crippen LogP contribution in [0.4, 0.5) is 0 Å². The Kier molecular flexibility index (Phi) is 5.55. The van der Waals surface area contributed by atoms with Crippen LogP contribution in [0.2, 0.25) is 0 Å². The zero-order valence-electron chi connectivity index (χ0n) is 15.7. The molecule has 6 nitrogen and oxygen atoms in total. The smallest absolute Gasteiger partial charge is 0.252 e. The number of aromatic nitrogens is 1. The normalized spacial score (nSPS) is 22.3. The van der Waals surface area contributed by atoms with Gasteiger partial charge in [-0.3, -0.25) is 4.79 Å². The molecule has 0 spiro atoms. The molecule has 2 atom stereocenters. The second-order valence-corrected chi connectivity index (χ2v) is 7.38. The molecule has 1 aromatic carbocycles. The van der Waals surface area contributed by atoms with Gasteiger partial charge in [-0.25, -0.2) is 0 Å². The van der Waals surface area contributed by atoms with Crippen molar-refractivity contribution >= 4 is 5.91 Å². The first kappa shape index (κ1) is 18.2. The highest BCUT2D eigenvalue weighted by Gasteiger charge is 2.32. The van der Waals surface area contributed by atoms with E-state index >= 15 is 0 Å². The largest absolute Gasteiger partial charge is 0.381 e. The Bertz CT molecular complexity index is 762. The van der Waals surface area contributed by atoms with Crippen LogP contribution in [0.5, 0.6) is 0 Å². The molecule has 2 aromatic rings. The van der Waals surface area contributed by atoms with Crippen molar-refractivity contribution in [3.63, 3.8) is 0 Å². The maximum Gasteiger partial charge on any atom is 0.252 e. The zero-order valence-corrected chi connectivity index (χ0v) is 15.7. The average molecular weight is 370 g/mol. The summed E-state index contributed by atoms with van der Waals surface area (Å²) in [4.78, 5) is 15.0. The van der Waals surface area contributed by atoms with Gasteiger partial charge in [-0.15, -0.1) is 0 Å². The number of aryl methyl sites for hydroxylation is 1. The van der Waals surface area contributed by atoms with E-state index in [0.717, 1.165) is 48.5 Å². The Morgan fingerprint density at radius 1 is 1.22 bits per heavy atom. The molecule has 144 valence electrons. The van der Waals surface area contributed by atoms with E-state index in [1.165, 1.54) is 0 Å². The second kappa shape index (κ2) is 8.23. The standard InChI is InChI=1S/C21H26N2O4/c1-15-18(20(22-27-15)17-6-3-2-4-7-17)13-23(12-16-9-11-25-14-16)21(24)19-8-5-10-26-19/h2-4,6-7,16,19H,5,8-14H2,1H3. The summed E-state index contributed by atoms with van der Waals surface area (Å²) in [7, 11) is 0. The van der Waals surface area contributed by atoms with Gasteiger partial charge in [-0.05, 0) is 26.2 Å². The van der Waals surface area contributed by atoms with E-state index in [2.05, 4.69) is 5.16 Å². The number of rotatable bonds is 6. The molecule has 6 heteroatoms. The molecule has 0 aliphatic carbocycles. The molecule has 1 amide bonds. The van der Waals surface area contributed by atoms with Gasteiger partial charge < -0.3 is 18.9 Å². The fourth-order valence-electron chi connectivity index (χ4n) is 3.84. The lowest BCUT2D eigenvalue weighted by atomic mass is 10.0. The minimum absolute atomic E-state index is 0.0685. The molecule has 0 saturated carbocycles. The van der Waals surface area contributed by atoms with Crippen LogP contribution in [0, 0.1) is 12.8 Å². The predicted molar refractivity (Wildman–Crippen MR) is 100.0 cm³/mol. The molecule has 0 radical (unpaired) electrons. The number of hydrogen-bond donors (Lipinski definition) is 0. The number of benzene rings is 1. The van der Waals surface area contributed by atoms with Gasteiger partial charge in [-0.2, -0.15) is 0 Å². The molecule has 2 fully saturated rings. The first-order valence-corrected chi connectivity index (χ1v) is 9.71. The summed E-state index contributed by atoms with van der Waals surface area (Å²) in [5.41, 5.74) is 2.77. The van der Waals surface area contributed by atoms with E-state index < -0.39 is 0 Å². The molecule has 3 heterocycles. The molecule has 2 saturated heterocycles. The Labute approximate surface area is 159 Å². The van der Waals surface area contributed by atoms with Gasteiger partial charge in [-0.1, -0.05) is 35.5 Å². The van der Waals surface area contributed by atoms with Crippen LogP contribution < -0.4 is 0 Å². The van der Waals surface area contributed by atoms with E-state index in [-0.39, 0.29) is 12.0 Å². The highest BCUT2D eigenvalue weighted by Crippen LogP contribution is 2.28. The molecular weight excluding hydrogens is 344 g/mol.